The summed E-state index contributed by atoms with van der Waals surface area (Å²) in [5.74, 6) is 0.850. The van der Waals surface area contributed by atoms with Crippen LogP contribution < -0.4 is 0 Å². The molecule has 102 valence electrons. The zero-order valence-corrected chi connectivity index (χ0v) is 12.1. The highest BCUT2D eigenvalue weighted by atomic mass is 79.9. The Bertz CT molecular complexity index is 750. The van der Waals surface area contributed by atoms with Crippen LogP contribution in [0.25, 0.3) is 22.6 Å². The fourth-order valence-corrected chi connectivity index (χ4v) is 2.53. The van der Waals surface area contributed by atoms with E-state index < -0.39 is 0 Å². The van der Waals surface area contributed by atoms with Crippen molar-refractivity contribution < 1.29 is 14.6 Å². The summed E-state index contributed by atoms with van der Waals surface area (Å²) in [4.78, 5) is 4.39. The van der Waals surface area contributed by atoms with Gasteiger partial charge in [0.2, 0.25) is 5.89 Å². The van der Waals surface area contributed by atoms with E-state index in [0.717, 1.165) is 22.9 Å². The number of nitrogens with zero attached hydrogens (tertiary/aromatic N) is 1. The summed E-state index contributed by atoms with van der Waals surface area (Å²) in [5.41, 5.74) is 3.01. The van der Waals surface area contributed by atoms with Crippen molar-refractivity contribution in [1.82, 2.24) is 4.98 Å². The molecule has 20 heavy (non-hydrogen) atoms. The molecule has 4 nitrogen and oxygen atoms in total. The van der Waals surface area contributed by atoms with Crippen LogP contribution in [0, 0.1) is 0 Å². The number of fused-ring (bicyclic) bond motifs is 1. The first kappa shape index (κ1) is 13.0. The number of rotatable bonds is 3. The van der Waals surface area contributed by atoms with Crippen molar-refractivity contribution in [3.63, 3.8) is 0 Å². The number of halogens is 1. The second-order valence-electron chi connectivity index (χ2n) is 4.46. The molecule has 5 heteroatoms. The number of phenols is 2. The Labute approximate surface area is 123 Å². The zero-order chi connectivity index (χ0) is 14.1. The molecule has 0 bridgehead atoms. The lowest BCUT2D eigenvalue weighted by Gasteiger charge is -1.99. The fourth-order valence-electron chi connectivity index (χ4n) is 2.10. The third kappa shape index (κ3) is 2.36. The van der Waals surface area contributed by atoms with Gasteiger partial charge in [0.25, 0.3) is 0 Å². The molecule has 0 atom stereocenters. The molecule has 0 aliphatic carbocycles. The highest BCUT2D eigenvalue weighted by molar-refractivity contribution is 9.09. The van der Waals surface area contributed by atoms with E-state index >= 15 is 0 Å². The van der Waals surface area contributed by atoms with Gasteiger partial charge in [-0.2, -0.15) is 0 Å². The molecule has 1 heterocycles. The van der Waals surface area contributed by atoms with Crippen molar-refractivity contribution in [2.75, 3.05) is 5.33 Å². The van der Waals surface area contributed by atoms with Crippen molar-refractivity contribution in [2.45, 2.75) is 6.42 Å². The van der Waals surface area contributed by atoms with Gasteiger partial charge >= 0.3 is 0 Å². The summed E-state index contributed by atoms with van der Waals surface area (Å²) in [6.07, 6.45) is 0.745. The van der Waals surface area contributed by atoms with Crippen LogP contribution in [-0.2, 0) is 6.42 Å². The van der Waals surface area contributed by atoms with E-state index in [2.05, 4.69) is 20.9 Å². The van der Waals surface area contributed by atoms with Gasteiger partial charge in [0, 0.05) is 22.5 Å². The minimum atomic E-state index is 0.180. The summed E-state index contributed by atoms with van der Waals surface area (Å²) in [7, 11) is 0. The predicted molar refractivity (Wildman–Crippen MR) is 80.3 cm³/mol. The van der Waals surface area contributed by atoms with Crippen LogP contribution in [0.1, 0.15) is 5.56 Å². The van der Waals surface area contributed by atoms with Gasteiger partial charge in [-0.05, 0) is 36.8 Å². The van der Waals surface area contributed by atoms with Gasteiger partial charge in [-0.3, -0.25) is 0 Å². The van der Waals surface area contributed by atoms with Gasteiger partial charge in [0.1, 0.15) is 17.0 Å². The number of hydrogen-bond donors (Lipinski definition) is 2. The highest BCUT2D eigenvalue weighted by Gasteiger charge is 2.13. The molecule has 0 amide bonds. The minimum absolute atomic E-state index is 0.180. The van der Waals surface area contributed by atoms with Gasteiger partial charge < -0.3 is 14.6 Å². The van der Waals surface area contributed by atoms with Crippen molar-refractivity contribution in [3.8, 4) is 23.0 Å². The van der Waals surface area contributed by atoms with Gasteiger partial charge in [0.15, 0.2) is 5.58 Å². The molecule has 0 spiro atoms. The van der Waals surface area contributed by atoms with Crippen LogP contribution in [0.2, 0.25) is 0 Å². The quantitative estimate of drug-likeness (QED) is 0.714. The van der Waals surface area contributed by atoms with Crippen molar-refractivity contribution in [3.05, 3.63) is 42.0 Å². The number of benzene rings is 2. The average molecular weight is 334 g/mol. The molecule has 3 rings (SSSR count). The second kappa shape index (κ2) is 5.17. The topological polar surface area (TPSA) is 66.5 Å². The number of alkyl halides is 1. The molecular formula is C15H12BrNO3. The monoisotopic (exact) mass is 333 g/mol. The summed E-state index contributed by atoms with van der Waals surface area (Å²) >= 11 is 3.38. The van der Waals surface area contributed by atoms with E-state index in [0.29, 0.717) is 17.0 Å². The first-order valence-electron chi connectivity index (χ1n) is 6.15. The van der Waals surface area contributed by atoms with E-state index in [-0.39, 0.29) is 11.5 Å². The molecule has 0 aliphatic heterocycles. The van der Waals surface area contributed by atoms with Crippen LogP contribution >= 0.6 is 15.9 Å². The molecular weight excluding hydrogens is 322 g/mol. The predicted octanol–water partition coefficient (Wildman–Crippen LogP) is 3.84. The molecule has 0 aliphatic rings. The third-order valence-electron chi connectivity index (χ3n) is 3.03. The number of aryl methyl sites for hydroxylation is 1. The van der Waals surface area contributed by atoms with Crippen LogP contribution in [0.4, 0.5) is 0 Å². The van der Waals surface area contributed by atoms with E-state index in [1.165, 1.54) is 0 Å². The molecule has 3 aromatic rings. The zero-order valence-electron chi connectivity index (χ0n) is 10.5. The Morgan fingerprint density at radius 2 is 1.80 bits per heavy atom. The number of hydrogen-bond acceptors (Lipinski definition) is 4. The highest BCUT2D eigenvalue weighted by Crippen LogP contribution is 2.30. The Kier molecular flexibility index (Phi) is 3.36. The molecule has 0 saturated heterocycles. The molecule has 0 unspecified atom stereocenters. The van der Waals surface area contributed by atoms with E-state index in [1.807, 2.05) is 0 Å². The van der Waals surface area contributed by atoms with E-state index in [4.69, 9.17) is 4.42 Å². The Hall–Kier alpha value is -2.01. The van der Waals surface area contributed by atoms with Gasteiger partial charge in [-0.25, -0.2) is 4.98 Å². The van der Waals surface area contributed by atoms with Crippen LogP contribution in [0.3, 0.4) is 0 Å². The number of phenolic OH excluding ortho intramolecular Hbond substituents is 2. The molecule has 2 aromatic carbocycles. The largest absolute Gasteiger partial charge is 0.508 e. The smallest absolute Gasteiger partial charge is 0.227 e. The molecule has 0 radical (unpaired) electrons. The first-order valence-corrected chi connectivity index (χ1v) is 7.27. The van der Waals surface area contributed by atoms with Crippen molar-refractivity contribution in [1.29, 1.82) is 0 Å². The summed E-state index contributed by atoms with van der Waals surface area (Å²) in [6.45, 7) is 0. The van der Waals surface area contributed by atoms with Gasteiger partial charge in [-0.1, -0.05) is 15.9 Å². The van der Waals surface area contributed by atoms with E-state index in [9.17, 15) is 10.2 Å². The van der Waals surface area contributed by atoms with Gasteiger partial charge in [0.05, 0.1) is 0 Å². The number of oxazole rings is 1. The second-order valence-corrected chi connectivity index (χ2v) is 5.25. The lowest BCUT2D eigenvalue weighted by molar-refractivity contribution is 0.474. The first-order chi connectivity index (χ1) is 9.67. The van der Waals surface area contributed by atoms with Crippen molar-refractivity contribution >= 4 is 27.0 Å². The molecule has 1 aromatic heterocycles. The number of aromatic hydroxyl groups is 2. The fraction of sp³-hybridized carbons (Fsp3) is 0.133. The summed E-state index contributed by atoms with van der Waals surface area (Å²) in [6, 6.07) is 9.92. The summed E-state index contributed by atoms with van der Waals surface area (Å²) < 4.78 is 5.81. The van der Waals surface area contributed by atoms with Gasteiger partial charge in [-0.15, -0.1) is 0 Å². The third-order valence-corrected chi connectivity index (χ3v) is 3.43. The summed E-state index contributed by atoms with van der Waals surface area (Å²) in [5, 5.41) is 19.8. The SMILES string of the molecule is Oc1ccc(-c2nc3cc(O)cc(CCBr)c3o2)cc1. The average Bonchev–Trinajstić information content (AvgIpc) is 2.83. The minimum Gasteiger partial charge on any atom is -0.508 e. The molecule has 0 fully saturated rings. The lowest BCUT2D eigenvalue weighted by Crippen LogP contribution is -1.86. The van der Waals surface area contributed by atoms with Crippen LogP contribution in [0.5, 0.6) is 11.5 Å². The normalized spacial score (nSPS) is 11.1. The van der Waals surface area contributed by atoms with Crippen molar-refractivity contribution in [2.24, 2.45) is 0 Å². The van der Waals surface area contributed by atoms with Crippen LogP contribution in [0.15, 0.2) is 40.8 Å². The van der Waals surface area contributed by atoms with Crippen LogP contribution in [-0.4, -0.2) is 20.5 Å². The maximum atomic E-state index is 9.72. The lowest BCUT2D eigenvalue weighted by atomic mass is 10.1. The Morgan fingerprint density at radius 1 is 1.05 bits per heavy atom. The molecule has 2 N–H and O–H groups in total. The van der Waals surface area contributed by atoms with E-state index in [1.54, 1.807) is 36.4 Å². The Balaban J connectivity index is 2.14. The molecule has 0 saturated carbocycles. The standard InChI is InChI=1S/C15H12BrNO3/c16-6-5-10-7-12(19)8-13-14(10)20-15(17-13)9-1-3-11(18)4-2-9/h1-4,7-8,18-19H,5-6H2. The maximum absolute atomic E-state index is 9.72. The Morgan fingerprint density at radius 3 is 2.50 bits per heavy atom. The maximum Gasteiger partial charge on any atom is 0.227 e. The number of aromatic nitrogens is 1.